The van der Waals surface area contributed by atoms with Gasteiger partial charge in [0.25, 0.3) is 5.91 Å². The number of pyridine rings is 1. The number of aromatic nitrogens is 1. The first-order valence-corrected chi connectivity index (χ1v) is 8.45. The van der Waals surface area contributed by atoms with Gasteiger partial charge in [0.05, 0.1) is 11.5 Å². The zero-order valence-corrected chi connectivity index (χ0v) is 13.8. The third-order valence-electron chi connectivity index (χ3n) is 4.86. The summed E-state index contributed by atoms with van der Waals surface area (Å²) in [6, 6.07) is 3.88. The smallest absolute Gasteiger partial charge is 0.255 e. The standard InChI is InChI=1S/C17H24N4O3/c18-16(22)14-11-20(15-3-8-24-9-4-15)6-7-21(12-14)17(23)13-2-1-5-19-10-13/h1-2,5,10,14-15H,3-4,6-9,11-12H2,(H2,18,22)/t14-/m1/s1. The lowest BCUT2D eigenvalue weighted by Crippen LogP contribution is -2.44. The van der Waals surface area contributed by atoms with Gasteiger partial charge in [0.15, 0.2) is 0 Å². The highest BCUT2D eigenvalue weighted by atomic mass is 16.5. The van der Waals surface area contributed by atoms with E-state index in [-0.39, 0.29) is 17.7 Å². The van der Waals surface area contributed by atoms with Crippen LogP contribution in [0.4, 0.5) is 0 Å². The summed E-state index contributed by atoms with van der Waals surface area (Å²) in [7, 11) is 0. The van der Waals surface area contributed by atoms with E-state index in [1.165, 1.54) is 0 Å². The highest BCUT2D eigenvalue weighted by Gasteiger charge is 2.32. The number of carbonyl (C=O) groups excluding carboxylic acids is 2. The van der Waals surface area contributed by atoms with Gasteiger partial charge in [-0.1, -0.05) is 0 Å². The van der Waals surface area contributed by atoms with Gasteiger partial charge in [0.2, 0.25) is 5.91 Å². The van der Waals surface area contributed by atoms with Crippen molar-refractivity contribution in [3.8, 4) is 0 Å². The summed E-state index contributed by atoms with van der Waals surface area (Å²) in [6.45, 7) is 3.82. The first kappa shape index (κ1) is 16.9. The lowest BCUT2D eigenvalue weighted by Gasteiger charge is -2.34. The number of nitrogens with zero attached hydrogens (tertiary/aromatic N) is 3. The van der Waals surface area contributed by atoms with E-state index >= 15 is 0 Å². The number of hydrogen-bond acceptors (Lipinski definition) is 5. The summed E-state index contributed by atoms with van der Waals surface area (Å²) in [6.07, 6.45) is 5.12. The van der Waals surface area contributed by atoms with Crippen molar-refractivity contribution in [1.82, 2.24) is 14.8 Å². The van der Waals surface area contributed by atoms with Crippen LogP contribution in [0.15, 0.2) is 24.5 Å². The molecule has 0 unspecified atom stereocenters. The Morgan fingerprint density at radius 3 is 2.67 bits per heavy atom. The van der Waals surface area contributed by atoms with Crippen LogP contribution in [0.25, 0.3) is 0 Å². The van der Waals surface area contributed by atoms with E-state index in [2.05, 4.69) is 9.88 Å². The minimum absolute atomic E-state index is 0.0943. The van der Waals surface area contributed by atoms with Crippen molar-refractivity contribution < 1.29 is 14.3 Å². The highest BCUT2D eigenvalue weighted by Crippen LogP contribution is 2.20. The third kappa shape index (κ3) is 3.91. The molecule has 0 bridgehead atoms. The number of nitrogens with two attached hydrogens (primary N) is 1. The molecule has 2 aliphatic rings. The molecule has 3 rings (SSSR count). The van der Waals surface area contributed by atoms with E-state index in [4.69, 9.17) is 10.5 Å². The lowest BCUT2D eigenvalue weighted by atomic mass is 10.0. The maximum Gasteiger partial charge on any atom is 0.255 e. The van der Waals surface area contributed by atoms with Crippen LogP contribution in [0, 0.1) is 5.92 Å². The van der Waals surface area contributed by atoms with E-state index in [1.807, 2.05) is 0 Å². The number of carbonyl (C=O) groups is 2. The van der Waals surface area contributed by atoms with E-state index in [0.29, 0.717) is 31.2 Å². The predicted octanol–water partition coefficient (Wildman–Crippen LogP) is 0.120. The second kappa shape index (κ2) is 7.72. The molecular weight excluding hydrogens is 308 g/mol. The lowest BCUT2D eigenvalue weighted by molar-refractivity contribution is -0.122. The van der Waals surface area contributed by atoms with Crippen LogP contribution in [-0.2, 0) is 9.53 Å². The van der Waals surface area contributed by atoms with E-state index in [0.717, 1.165) is 32.6 Å². The van der Waals surface area contributed by atoms with Crippen LogP contribution >= 0.6 is 0 Å². The second-order valence-corrected chi connectivity index (χ2v) is 6.43. The van der Waals surface area contributed by atoms with Gasteiger partial charge in [0.1, 0.15) is 0 Å². The number of primary amides is 1. The zero-order chi connectivity index (χ0) is 16.9. The fraction of sp³-hybridized carbons (Fsp3) is 0.588. The van der Waals surface area contributed by atoms with Crippen LogP contribution in [0.3, 0.4) is 0 Å². The largest absolute Gasteiger partial charge is 0.381 e. The van der Waals surface area contributed by atoms with Crippen molar-refractivity contribution in [2.45, 2.75) is 18.9 Å². The Morgan fingerprint density at radius 2 is 2.00 bits per heavy atom. The van der Waals surface area contributed by atoms with Crippen molar-refractivity contribution in [2.75, 3.05) is 39.4 Å². The van der Waals surface area contributed by atoms with Crippen LogP contribution < -0.4 is 5.73 Å². The van der Waals surface area contributed by atoms with E-state index < -0.39 is 0 Å². The van der Waals surface area contributed by atoms with Crippen LogP contribution in [0.5, 0.6) is 0 Å². The summed E-state index contributed by atoms with van der Waals surface area (Å²) in [5.41, 5.74) is 6.13. The average molecular weight is 332 g/mol. The van der Waals surface area contributed by atoms with Crippen molar-refractivity contribution >= 4 is 11.8 Å². The summed E-state index contributed by atoms with van der Waals surface area (Å²) in [5.74, 6) is -0.794. The molecule has 0 aromatic carbocycles. The third-order valence-corrected chi connectivity index (χ3v) is 4.86. The SMILES string of the molecule is NC(=O)[C@H]1CN(C(=O)c2cccnc2)CCN(C2CCOCC2)C1. The molecule has 0 saturated carbocycles. The Morgan fingerprint density at radius 1 is 1.21 bits per heavy atom. The van der Waals surface area contributed by atoms with Crippen molar-refractivity contribution in [3.05, 3.63) is 30.1 Å². The van der Waals surface area contributed by atoms with Gasteiger partial charge < -0.3 is 15.4 Å². The molecule has 1 aromatic rings. The maximum absolute atomic E-state index is 12.7. The summed E-state index contributed by atoms with van der Waals surface area (Å²) >= 11 is 0. The molecular formula is C17H24N4O3. The summed E-state index contributed by atoms with van der Waals surface area (Å²) in [4.78, 5) is 32.6. The quantitative estimate of drug-likeness (QED) is 0.849. The van der Waals surface area contributed by atoms with Crippen molar-refractivity contribution in [2.24, 2.45) is 11.7 Å². The first-order chi connectivity index (χ1) is 11.6. The highest BCUT2D eigenvalue weighted by molar-refractivity contribution is 5.94. The molecule has 7 nitrogen and oxygen atoms in total. The Hall–Kier alpha value is -1.99. The van der Waals surface area contributed by atoms with E-state index in [1.54, 1.807) is 29.4 Å². The second-order valence-electron chi connectivity index (χ2n) is 6.43. The zero-order valence-electron chi connectivity index (χ0n) is 13.8. The molecule has 7 heteroatoms. The molecule has 2 amide bonds. The fourth-order valence-electron chi connectivity index (χ4n) is 3.46. The normalized spacial score (nSPS) is 23.7. The Labute approximate surface area is 141 Å². The molecule has 2 fully saturated rings. The van der Waals surface area contributed by atoms with Gasteiger partial charge in [-0.15, -0.1) is 0 Å². The molecule has 2 N–H and O–H groups in total. The van der Waals surface area contributed by atoms with Gasteiger partial charge in [-0.2, -0.15) is 0 Å². The molecule has 130 valence electrons. The van der Waals surface area contributed by atoms with Gasteiger partial charge in [-0.3, -0.25) is 19.5 Å². The maximum atomic E-state index is 12.7. The minimum Gasteiger partial charge on any atom is -0.381 e. The van der Waals surface area contributed by atoms with Crippen LogP contribution in [0.1, 0.15) is 23.2 Å². The predicted molar refractivity (Wildman–Crippen MR) is 88.2 cm³/mol. The summed E-state index contributed by atoms with van der Waals surface area (Å²) in [5, 5.41) is 0. The Balaban J connectivity index is 1.73. The topological polar surface area (TPSA) is 88.8 Å². The van der Waals surface area contributed by atoms with Gasteiger partial charge in [-0.05, 0) is 25.0 Å². The molecule has 2 aliphatic heterocycles. The van der Waals surface area contributed by atoms with Gasteiger partial charge >= 0.3 is 0 Å². The number of hydrogen-bond donors (Lipinski definition) is 1. The van der Waals surface area contributed by atoms with Crippen molar-refractivity contribution in [1.29, 1.82) is 0 Å². The average Bonchev–Trinajstić information content (AvgIpc) is 2.86. The first-order valence-electron chi connectivity index (χ1n) is 8.45. The van der Waals surface area contributed by atoms with E-state index in [9.17, 15) is 9.59 Å². The number of amides is 2. The van der Waals surface area contributed by atoms with Crippen molar-refractivity contribution in [3.63, 3.8) is 0 Å². The van der Waals surface area contributed by atoms with Gasteiger partial charge in [-0.25, -0.2) is 0 Å². The molecule has 2 saturated heterocycles. The van der Waals surface area contributed by atoms with Crippen LogP contribution in [-0.4, -0.2) is 72.0 Å². The monoisotopic (exact) mass is 332 g/mol. The molecule has 0 radical (unpaired) electrons. The molecule has 1 aromatic heterocycles. The van der Waals surface area contributed by atoms with Gasteiger partial charge in [0, 0.05) is 57.8 Å². The number of rotatable bonds is 3. The molecule has 1 atom stereocenters. The molecule has 0 aliphatic carbocycles. The minimum atomic E-state index is -0.351. The molecule has 3 heterocycles. The van der Waals surface area contributed by atoms with Crippen LogP contribution in [0.2, 0.25) is 0 Å². The fourth-order valence-corrected chi connectivity index (χ4v) is 3.46. The Bertz CT molecular complexity index is 574. The molecule has 0 spiro atoms. The summed E-state index contributed by atoms with van der Waals surface area (Å²) < 4.78 is 5.42. The Kier molecular flexibility index (Phi) is 5.42. The molecule has 24 heavy (non-hydrogen) atoms. The number of ether oxygens (including phenoxy) is 1.